The average molecular weight is 386 g/mol. The number of rotatable bonds is 7. The van der Waals surface area contributed by atoms with Gasteiger partial charge in [-0.3, -0.25) is 4.99 Å². The van der Waals surface area contributed by atoms with Crippen LogP contribution < -0.4 is 5.32 Å². The highest BCUT2D eigenvalue weighted by Gasteiger charge is 2.25. The molecule has 5 nitrogen and oxygen atoms in total. The monoisotopic (exact) mass is 385 g/mol. The number of nitrogens with one attached hydrogen (secondary N) is 1. The molecule has 1 aromatic carbocycles. The predicted molar refractivity (Wildman–Crippen MR) is 114 cm³/mol. The number of hydrogen-bond acceptors (Lipinski definition) is 3. The number of hydrogen-bond donors (Lipinski definition) is 1. The fraction of sp³-hybridized carbons (Fsp3) is 0.524. The first-order chi connectivity index (χ1) is 13.2. The summed E-state index contributed by atoms with van der Waals surface area (Å²) < 4.78 is 2.23. The smallest absolute Gasteiger partial charge is 0.194 e. The second-order valence-electron chi connectivity index (χ2n) is 7.52. The summed E-state index contributed by atoms with van der Waals surface area (Å²) in [6.07, 6.45) is 5.17. The molecule has 1 aliphatic rings. The van der Waals surface area contributed by atoms with E-state index < -0.39 is 0 Å². The maximum absolute atomic E-state index is 4.50. The van der Waals surface area contributed by atoms with Gasteiger partial charge in [0, 0.05) is 49.7 Å². The molecule has 0 aliphatic carbocycles. The molecule has 1 aliphatic heterocycles. The Morgan fingerprint density at radius 1 is 1.33 bits per heavy atom. The summed E-state index contributed by atoms with van der Waals surface area (Å²) >= 11 is 1.96. The highest BCUT2D eigenvalue weighted by molar-refractivity contribution is 7.99. The van der Waals surface area contributed by atoms with Crippen LogP contribution in [0.1, 0.15) is 26.1 Å². The first-order valence-electron chi connectivity index (χ1n) is 9.79. The highest BCUT2D eigenvalue weighted by atomic mass is 32.2. The Bertz CT molecular complexity index is 725. The van der Waals surface area contributed by atoms with Crippen molar-refractivity contribution in [2.24, 2.45) is 16.8 Å². The summed E-state index contributed by atoms with van der Waals surface area (Å²) in [5.74, 6) is 4.54. The molecule has 0 radical (unpaired) electrons. The molecule has 2 heterocycles. The maximum Gasteiger partial charge on any atom is 0.194 e. The predicted octanol–water partition coefficient (Wildman–Crippen LogP) is 3.73. The number of aromatic nitrogens is 2. The van der Waals surface area contributed by atoms with Crippen molar-refractivity contribution in [2.45, 2.75) is 38.3 Å². The van der Waals surface area contributed by atoms with Crippen LogP contribution in [0.4, 0.5) is 0 Å². The summed E-state index contributed by atoms with van der Waals surface area (Å²) in [4.78, 5) is 12.7. The molecule has 0 saturated carbocycles. The SMILES string of the molecule is CN=C(NCc1nccn1CC(C)C)N1CCC(CSc2ccccc2)C1. The molecule has 1 atom stereocenters. The molecule has 146 valence electrons. The minimum Gasteiger partial charge on any atom is -0.349 e. The van der Waals surface area contributed by atoms with Crippen molar-refractivity contribution < 1.29 is 0 Å². The van der Waals surface area contributed by atoms with Gasteiger partial charge in [0.05, 0.1) is 6.54 Å². The number of thioether (sulfide) groups is 1. The van der Waals surface area contributed by atoms with E-state index in [-0.39, 0.29) is 0 Å². The van der Waals surface area contributed by atoms with E-state index in [1.165, 1.54) is 11.3 Å². The number of imidazole rings is 1. The van der Waals surface area contributed by atoms with Crippen LogP contribution in [0, 0.1) is 11.8 Å². The molecule has 27 heavy (non-hydrogen) atoms. The van der Waals surface area contributed by atoms with Gasteiger partial charge in [-0.2, -0.15) is 0 Å². The van der Waals surface area contributed by atoms with E-state index in [2.05, 4.69) is 75.1 Å². The van der Waals surface area contributed by atoms with Gasteiger partial charge in [-0.1, -0.05) is 32.0 Å². The second kappa shape index (κ2) is 9.83. The quantitative estimate of drug-likeness (QED) is 0.448. The molecule has 1 fully saturated rings. The molecular weight excluding hydrogens is 354 g/mol. The van der Waals surface area contributed by atoms with Crippen molar-refractivity contribution in [1.82, 2.24) is 19.8 Å². The normalized spacial score (nSPS) is 17.7. The third kappa shape index (κ3) is 5.76. The zero-order valence-corrected chi connectivity index (χ0v) is 17.5. The van der Waals surface area contributed by atoms with E-state index >= 15 is 0 Å². The fourth-order valence-electron chi connectivity index (χ4n) is 3.45. The minimum atomic E-state index is 0.610. The van der Waals surface area contributed by atoms with Crippen LogP contribution >= 0.6 is 11.8 Å². The molecule has 2 aromatic rings. The van der Waals surface area contributed by atoms with Crippen LogP contribution in [0.3, 0.4) is 0 Å². The lowest BCUT2D eigenvalue weighted by atomic mass is 10.2. The molecule has 0 spiro atoms. The molecule has 0 amide bonds. The Kier molecular flexibility index (Phi) is 7.21. The molecule has 1 aromatic heterocycles. The second-order valence-corrected chi connectivity index (χ2v) is 8.61. The van der Waals surface area contributed by atoms with Gasteiger partial charge in [0.1, 0.15) is 5.82 Å². The maximum atomic E-state index is 4.50. The molecule has 1 unspecified atom stereocenters. The largest absolute Gasteiger partial charge is 0.349 e. The minimum absolute atomic E-state index is 0.610. The number of aliphatic imine (C=N–C) groups is 1. The highest BCUT2D eigenvalue weighted by Crippen LogP contribution is 2.25. The van der Waals surface area contributed by atoms with E-state index in [0.29, 0.717) is 18.4 Å². The van der Waals surface area contributed by atoms with Crippen LogP contribution in [0.25, 0.3) is 0 Å². The summed E-state index contributed by atoms with van der Waals surface area (Å²) in [5.41, 5.74) is 0. The molecular formula is C21H31N5S. The first-order valence-corrected chi connectivity index (χ1v) is 10.8. The Morgan fingerprint density at radius 3 is 2.89 bits per heavy atom. The van der Waals surface area contributed by atoms with Crippen molar-refractivity contribution in [3.63, 3.8) is 0 Å². The van der Waals surface area contributed by atoms with Gasteiger partial charge in [0.25, 0.3) is 0 Å². The summed E-state index contributed by atoms with van der Waals surface area (Å²) in [7, 11) is 1.87. The lowest BCUT2D eigenvalue weighted by Gasteiger charge is -2.22. The van der Waals surface area contributed by atoms with Gasteiger partial charge in [0.2, 0.25) is 0 Å². The van der Waals surface area contributed by atoms with E-state index in [4.69, 9.17) is 0 Å². The summed E-state index contributed by atoms with van der Waals surface area (Å²) in [6.45, 7) is 8.31. The van der Waals surface area contributed by atoms with E-state index in [9.17, 15) is 0 Å². The zero-order chi connectivity index (χ0) is 19.1. The van der Waals surface area contributed by atoms with Crippen LogP contribution in [-0.2, 0) is 13.1 Å². The van der Waals surface area contributed by atoms with E-state index in [1.807, 2.05) is 25.0 Å². The van der Waals surface area contributed by atoms with Gasteiger partial charge in [-0.15, -0.1) is 11.8 Å². The van der Waals surface area contributed by atoms with Gasteiger partial charge >= 0.3 is 0 Å². The fourth-order valence-corrected chi connectivity index (χ4v) is 4.50. The van der Waals surface area contributed by atoms with Gasteiger partial charge < -0.3 is 14.8 Å². The topological polar surface area (TPSA) is 45.5 Å². The van der Waals surface area contributed by atoms with Crippen LogP contribution in [0.15, 0.2) is 52.6 Å². The van der Waals surface area contributed by atoms with Crippen molar-refractivity contribution in [1.29, 1.82) is 0 Å². The zero-order valence-electron chi connectivity index (χ0n) is 16.6. The number of nitrogens with zero attached hydrogens (tertiary/aromatic N) is 4. The standard InChI is InChI=1S/C21H31N5S/c1-17(2)14-25-12-10-23-20(25)13-24-21(22-3)26-11-9-18(15-26)16-27-19-7-5-4-6-8-19/h4-8,10,12,17-18H,9,11,13-16H2,1-3H3,(H,22,24). The van der Waals surface area contributed by atoms with E-state index in [0.717, 1.165) is 37.2 Å². The molecule has 0 bridgehead atoms. The third-order valence-electron chi connectivity index (χ3n) is 4.79. The Morgan fingerprint density at radius 2 is 2.15 bits per heavy atom. The van der Waals surface area contributed by atoms with Gasteiger partial charge in [-0.05, 0) is 30.4 Å². The third-order valence-corrected chi connectivity index (χ3v) is 6.04. The van der Waals surface area contributed by atoms with Gasteiger partial charge in [0.15, 0.2) is 5.96 Å². The average Bonchev–Trinajstić information content (AvgIpc) is 3.31. The number of likely N-dealkylation sites (tertiary alicyclic amines) is 1. The Balaban J connectivity index is 1.48. The van der Waals surface area contributed by atoms with E-state index in [1.54, 1.807) is 0 Å². The van der Waals surface area contributed by atoms with Crippen LogP contribution in [0.2, 0.25) is 0 Å². The molecule has 3 rings (SSSR count). The Hall–Kier alpha value is -1.95. The van der Waals surface area contributed by atoms with Crippen molar-refractivity contribution in [3.8, 4) is 0 Å². The molecule has 1 N–H and O–H groups in total. The van der Waals surface area contributed by atoms with Crippen LogP contribution in [0.5, 0.6) is 0 Å². The lowest BCUT2D eigenvalue weighted by molar-refractivity contribution is 0.466. The van der Waals surface area contributed by atoms with Crippen LogP contribution in [-0.4, -0.2) is 46.3 Å². The van der Waals surface area contributed by atoms with Gasteiger partial charge in [-0.25, -0.2) is 4.98 Å². The molecule has 6 heteroatoms. The Labute approximate surface area is 167 Å². The first kappa shape index (κ1) is 19.8. The lowest BCUT2D eigenvalue weighted by Crippen LogP contribution is -2.40. The van der Waals surface area contributed by atoms with Crippen molar-refractivity contribution >= 4 is 17.7 Å². The van der Waals surface area contributed by atoms with Crippen molar-refractivity contribution in [3.05, 3.63) is 48.5 Å². The molecule has 1 saturated heterocycles. The van der Waals surface area contributed by atoms with Crippen molar-refractivity contribution in [2.75, 3.05) is 25.9 Å². The summed E-state index contributed by atoms with van der Waals surface area (Å²) in [6, 6.07) is 10.7. The summed E-state index contributed by atoms with van der Waals surface area (Å²) in [5, 5.41) is 3.51. The number of guanidine groups is 1. The number of benzene rings is 1.